The third-order valence-electron chi connectivity index (χ3n) is 2.93. The van der Waals surface area contributed by atoms with Gasteiger partial charge in [-0.05, 0) is 24.3 Å². The minimum atomic E-state index is -0.329. The monoisotopic (exact) mass is 302 g/mol. The van der Waals surface area contributed by atoms with E-state index in [1.54, 1.807) is 36.7 Å². The van der Waals surface area contributed by atoms with Crippen LogP contribution in [0.25, 0.3) is 5.65 Å². The number of hydrogen-bond donors (Lipinski definition) is 1. The number of carbonyl (C=O) groups excluding carboxylic acids is 1. The van der Waals surface area contributed by atoms with Gasteiger partial charge in [-0.25, -0.2) is 9.50 Å². The van der Waals surface area contributed by atoms with Crippen LogP contribution in [0, 0.1) is 0 Å². The summed E-state index contributed by atoms with van der Waals surface area (Å²) >= 11 is 5.94. The molecule has 3 rings (SSSR count). The Bertz CT molecular complexity index is 816. The number of anilines is 1. The highest BCUT2D eigenvalue weighted by Gasteiger charge is 2.15. The van der Waals surface area contributed by atoms with Gasteiger partial charge in [0.1, 0.15) is 11.3 Å². The van der Waals surface area contributed by atoms with Gasteiger partial charge in [-0.15, -0.1) is 0 Å². The first-order valence-electron chi connectivity index (χ1n) is 6.12. The van der Waals surface area contributed by atoms with Crippen molar-refractivity contribution in [1.29, 1.82) is 0 Å². The molecule has 0 saturated heterocycles. The largest absolute Gasteiger partial charge is 0.495 e. The van der Waals surface area contributed by atoms with Crippen LogP contribution in [-0.2, 0) is 0 Å². The summed E-state index contributed by atoms with van der Waals surface area (Å²) in [5, 5.41) is 7.34. The summed E-state index contributed by atoms with van der Waals surface area (Å²) in [7, 11) is 1.52. The Morgan fingerprint density at radius 1 is 1.43 bits per heavy atom. The van der Waals surface area contributed by atoms with Crippen molar-refractivity contribution in [3.05, 3.63) is 53.4 Å². The molecule has 0 radical (unpaired) electrons. The van der Waals surface area contributed by atoms with Crippen LogP contribution in [0.15, 0.2) is 42.9 Å². The van der Waals surface area contributed by atoms with Crippen LogP contribution >= 0.6 is 11.6 Å². The van der Waals surface area contributed by atoms with E-state index < -0.39 is 0 Å². The summed E-state index contributed by atoms with van der Waals surface area (Å²) in [5.41, 5.74) is 1.35. The Kier molecular flexibility index (Phi) is 3.45. The first-order chi connectivity index (χ1) is 10.2. The summed E-state index contributed by atoms with van der Waals surface area (Å²) in [6.45, 7) is 0. The number of fused-ring (bicyclic) bond motifs is 1. The second-order valence-electron chi connectivity index (χ2n) is 4.24. The highest BCUT2D eigenvalue weighted by molar-refractivity contribution is 6.31. The van der Waals surface area contributed by atoms with E-state index in [1.807, 2.05) is 0 Å². The number of rotatable bonds is 3. The van der Waals surface area contributed by atoms with Crippen LogP contribution in [-0.4, -0.2) is 27.6 Å². The van der Waals surface area contributed by atoms with E-state index in [4.69, 9.17) is 16.3 Å². The first-order valence-corrected chi connectivity index (χ1v) is 6.50. The predicted molar refractivity (Wildman–Crippen MR) is 78.9 cm³/mol. The number of nitrogens with zero attached hydrogens (tertiary/aromatic N) is 3. The summed E-state index contributed by atoms with van der Waals surface area (Å²) in [6, 6.07) is 6.73. The SMILES string of the molecule is COc1ccc(Cl)cc1NC(=O)c1cnn2cccnc12. The van der Waals surface area contributed by atoms with Gasteiger partial charge in [-0.3, -0.25) is 4.79 Å². The number of methoxy groups -OCH3 is 1. The highest BCUT2D eigenvalue weighted by Crippen LogP contribution is 2.28. The highest BCUT2D eigenvalue weighted by atomic mass is 35.5. The normalized spacial score (nSPS) is 10.6. The van der Waals surface area contributed by atoms with Crippen LogP contribution in [0.3, 0.4) is 0 Å². The predicted octanol–water partition coefficient (Wildman–Crippen LogP) is 2.64. The van der Waals surface area contributed by atoms with Gasteiger partial charge in [0.2, 0.25) is 0 Å². The number of ether oxygens (including phenoxy) is 1. The summed E-state index contributed by atoms with van der Waals surface area (Å²) in [4.78, 5) is 16.5. The molecule has 0 saturated carbocycles. The second kappa shape index (κ2) is 5.41. The molecule has 0 aliphatic rings. The van der Waals surface area contributed by atoms with E-state index in [9.17, 15) is 4.79 Å². The third kappa shape index (κ3) is 2.53. The Morgan fingerprint density at radius 2 is 2.29 bits per heavy atom. The summed E-state index contributed by atoms with van der Waals surface area (Å²) in [5.74, 6) is 0.196. The van der Waals surface area contributed by atoms with E-state index in [-0.39, 0.29) is 5.91 Å². The van der Waals surface area contributed by atoms with Crippen molar-refractivity contribution in [2.45, 2.75) is 0 Å². The van der Waals surface area contributed by atoms with E-state index >= 15 is 0 Å². The lowest BCUT2D eigenvalue weighted by molar-refractivity contribution is 0.102. The molecule has 2 heterocycles. The molecule has 0 atom stereocenters. The number of benzene rings is 1. The van der Waals surface area contributed by atoms with Crippen molar-refractivity contribution >= 4 is 28.8 Å². The van der Waals surface area contributed by atoms with Crippen LogP contribution < -0.4 is 10.1 Å². The zero-order chi connectivity index (χ0) is 14.8. The molecule has 0 aliphatic heterocycles. The number of amides is 1. The minimum Gasteiger partial charge on any atom is -0.495 e. The number of hydrogen-bond acceptors (Lipinski definition) is 4. The molecule has 7 heteroatoms. The maximum Gasteiger partial charge on any atom is 0.261 e. The Balaban J connectivity index is 1.95. The number of carbonyl (C=O) groups is 1. The van der Waals surface area contributed by atoms with Crippen molar-refractivity contribution in [3.8, 4) is 5.75 Å². The lowest BCUT2D eigenvalue weighted by atomic mass is 10.2. The fourth-order valence-corrected chi connectivity index (χ4v) is 2.13. The molecule has 21 heavy (non-hydrogen) atoms. The van der Waals surface area contributed by atoms with Gasteiger partial charge in [0.15, 0.2) is 5.65 Å². The smallest absolute Gasteiger partial charge is 0.261 e. The lowest BCUT2D eigenvalue weighted by Gasteiger charge is -2.09. The maximum atomic E-state index is 12.4. The first kappa shape index (κ1) is 13.4. The maximum absolute atomic E-state index is 12.4. The number of halogens is 1. The van der Waals surface area contributed by atoms with Gasteiger partial charge >= 0.3 is 0 Å². The molecule has 1 aromatic carbocycles. The standard InChI is InChI=1S/C14H11ClN4O2/c1-21-12-4-3-9(15)7-11(12)18-14(20)10-8-17-19-6-2-5-16-13(10)19/h2-8H,1H3,(H,18,20). The van der Waals surface area contributed by atoms with Crippen LogP contribution in [0.2, 0.25) is 5.02 Å². The molecule has 0 aliphatic carbocycles. The van der Waals surface area contributed by atoms with Crippen molar-refractivity contribution < 1.29 is 9.53 Å². The lowest BCUT2D eigenvalue weighted by Crippen LogP contribution is -2.12. The third-order valence-corrected chi connectivity index (χ3v) is 3.17. The molecule has 0 spiro atoms. The molecule has 106 valence electrons. The van der Waals surface area contributed by atoms with E-state index in [0.717, 1.165) is 0 Å². The van der Waals surface area contributed by atoms with Crippen LogP contribution in [0.5, 0.6) is 5.75 Å². The topological polar surface area (TPSA) is 68.5 Å². The molecular weight excluding hydrogens is 292 g/mol. The molecule has 2 aromatic heterocycles. The van der Waals surface area contributed by atoms with Gasteiger partial charge < -0.3 is 10.1 Å². The fourth-order valence-electron chi connectivity index (χ4n) is 1.95. The zero-order valence-electron chi connectivity index (χ0n) is 11.1. The zero-order valence-corrected chi connectivity index (χ0v) is 11.8. The van der Waals surface area contributed by atoms with Crippen molar-refractivity contribution in [3.63, 3.8) is 0 Å². The number of nitrogens with one attached hydrogen (secondary N) is 1. The molecule has 6 nitrogen and oxygen atoms in total. The summed E-state index contributed by atoms with van der Waals surface area (Å²) < 4.78 is 6.73. The minimum absolute atomic E-state index is 0.329. The fraction of sp³-hybridized carbons (Fsp3) is 0.0714. The Labute approximate surface area is 125 Å². The van der Waals surface area contributed by atoms with Crippen molar-refractivity contribution in [2.75, 3.05) is 12.4 Å². The van der Waals surface area contributed by atoms with Gasteiger partial charge in [-0.1, -0.05) is 11.6 Å². The molecule has 0 unspecified atom stereocenters. The average molecular weight is 303 g/mol. The van der Waals surface area contributed by atoms with Crippen LogP contribution in [0.1, 0.15) is 10.4 Å². The van der Waals surface area contributed by atoms with E-state index in [2.05, 4.69) is 15.4 Å². The van der Waals surface area contributed by atoms with Gasteiger partial charge in [-0.2, -0.15) is 5.10 Å². The Morgan fingerprint density at radius 3 is 3.10 bits per heavy atom. The van der Waals surface area contributed by atoms with E-state index in [1.165, 1.54) is 17.8 Å². The molecular formula is C14H11ClN4O2. The van der Waals surface area contributed by atoms with Crippen LogP contribution in [0.4, 0.5) is 5.69 Å². The second-order valence-corrected chi connectivity index (χ2v) is 4.68. The molecule has 0 fully saturated rings. The molecule has 1 N–H and O–H groups in total. The van der Waals surface area contributed by atoms with Crippen molar-refractivity contribution in [1.82, 2.24) is 14.6 Å². The van der Waals surface area contributed by atoms with Gasteiger partial charge in [0.05, 0.1) is 19.0 Å². The van der Waals surface area contributed by atoms with Gasteiger partial charge in [0.25, 0.3) is 5.91 Å². The summed E-state index contributed by atoms with van der Waals surface area (Å²) in [6.07, 6.45) is 4.79. The van der Waals surface area contributed by atoms with E-state index in [0.29, 0.717) is 27.7 Å². The average Bonchev–Trinajstić information content (AvgIpc) is 2.91. The number of aromatic nitrogens is 3. The molecule has 3 aromatic rings. The Hall–Kier alpha value is -2.60. The van der Waals surface area contributed by atoms with Gasteiger partial charge in [0, 0.05) is 17.4 Å². The molecule has 1 amide bonds. The van der Waals surface area contributed by atoms with Crippen molar-refractivity contribution in [2.24, 2.45) is 0 Å². The quantitative estimate of drug-likeness (QED) is 0.807. The molecule has 0 bridgehead atoms.